The van der Waals surface area contributed by atoms with Crippen LogP contribution in [0.15, 0.2) is 36.7 Å². The van der Waals surface area contributed by atoms with Crippen molar-refractivity contribution >= 4 is 11.5 Å². The number of nitrogens with two attached hydrogens (primary N) is 1. The van der Waals surface area contributed by atoms with E-state index in [4.69, 9.17) is 5.73 Å². The van der Waals surface area contributed by atoms with Crippen LogP contribution in [0.2, 0.25) is 0 Å². The number of aryl methyl sites for hydroxylation is 1. The standard InChI is InChI=1S/C16H22N4/c1-3-9-20(11-13-5-7-14(17)8-6-13)16-10-15(4-2)18-12-19-16/h5-8,10,12H,3-4,9,11,17H2,1-2H3. The van der Waals surface area contributed by atoms with Gasteiger partial charge in [-0.2, -0.15) is 0 Å². The summed E-state index contributed by atoms with van der Waals surface area (Å²) in [4.78, 5) is 11.0. The highest BCUT2D eigenvalue weighted by molar-refractivity contribution is 5.43. The molecule has 1 aromatic heterocycles. The van der Waals surface area contributed by atoms with Gasteiger partial charge in [-0.3, -0.25) is 0 Å². The maximum Gasteiger partial charge on any atom is 0.132 e. The predicted octanol–water partition coefficient (Wildman–Crippen LogP) is 3.04. The van der Waals surface area contributed by atoms with Gasteiger partial charge in [0.1, 0.15) is 12.1 Å². The predicted molar refractivity (Wildman–Crippen MR) is 83.6 cm³/mol. The van der Waals surface area contributed by atoms with Crippen LogP contribution in [-0.4, -0.2) is 16.5 Å². The Morgan fingerprint density at radius 1 is 1.10 bits per heavy atom. The van der Waals surface area contributed by atoms with Gasteiger partial charge in [0.25, 0.3) is 0 Å². The zero-order chi connectivity index (χ0) is 14.4. The highest BCUT2D eigenvalue weighted by Gasteiger charge is 2.09. The average Bonchev–Trinajstić information content (AvgIpc) is 2.49. The second-order valence-corrected chi connectivity index (χ2v) is 4.88. The largest absolute Gasteiger partial charge is 0.399 e. The summed E-state index contributed by atoms with van der Waals surface area (Å²) in [6, 6.07) is 10.1. The summed E-state index contributed by atoms with van der Waals surface area (Å²) in [5, 5.41) is 0. The Kier molecular flexibility index (Phi) is 4.93. The summed E-state index contributed by atoms with van der Waals surface area (Å²) < 4.78 is 0. The minimum absolute atomic E-state index is 0.797. The van der Waals surface area contributed by atoms with E-state index in [0.717, 1.165) is 43.1 Å². The zero-order valence-corrected chi connectivity index (χ0v) is 12.2. The maximum absolute atomic E-state index is 5.73. The molecule has 1 aromatic carbocycles. The quantitative estimate of drug-likeness (QED) is 0.820. The van der Waals surface area contributed by atoms with Crippen LogP contribution in [0.3, 0.4) is 0 Å². The fourth-order valence-electron chi connectivity index (χ4n) is 2.14. The van der Waals surface area contributed by atoms with E-state index in [9.17, 15) is 0 Å². The monoisotopic (exact) mass is 270 g/mol. The smallest absolute Gasteiger partial charge is 0.132 e. The van der Waals surface area contributed by atoms with Crippen molar-refractivity contribution < 1.29 is 0 Å². The van der Waals surface area contributed by atoms with Crippen molar-refractivity contribution in [3.05, 3.63) is 47.9 Å². The number of anilines is 2. The van der Waals surface area contributed by atoms with Gasteiger partial charge in [-0.05, 0) is 30.5 Å². The molecule has 0 unspecified atom stereocenters. The first-order chi connectivity index (χ1) is 9.72. The van der Waals surface area contributed by atoms with Crippen LogP contribution >= 0.6 is 0 Å². The fraction of sp³-hybridized carbons (Fsp3) is 0.375. The Morgan fingerprint density at radius 2 is 1.85 bits per heavy atom. The molecule has 2 N–H and O–H groups in total. The van der Waals surface area contributed by atoms with Gasteiger partial charge >= 0.3 is 0 Å². The second kappa shape index (κ2) is 6.89. The maximum atomic E-state index is 5.73. The Bertz CT molecular complexity index is 536. The summed E-state index contributed by atoms with van der Waals surface area (Å²) in [6.45, 7) is 6.10. The molecule has 0 spiro atoms. The van der Waals surface area contributed by atoms with Crippen LogP contribution in [0, 0.1) is 0 Å². The van der Waals surface area contributed by atoms with Gasteiger partial charge in [0.2, 0.25) is 0 Å². The molecule has 4 nitrogen and oxygen atoms in total. The molecule has 1 heterocycles. The lowest BCUT2D eigenvalue weighted by molar-refractivity contribution is 0.750. The number of rotatable bonds is 6. The van der Waals surface area contributed by atoms with E-state index >= 15 is 0 Å². The van der Waals surface area contributed by atoms with Gasteiger partial charge in [-0.1, -0.05) is 26.0 Å². The molecule has 106 valence electrons. The summed E-state index contributed by atoms with van der Waals surface area (Å²) >= 11 is 0. The molecule has 0 saturated carbocycles. The van der Waals surface area contributed by atoms with Crippen molar-refractivity contribution in [3.63, 3.8) is 0 Å². The first-order valence-corrected chi connectivity index (χ1v) is 7.13. The SMILES string of the molecule is CCCN(Cc1ccc(N)cc1)c1cc(CC)ncn1. The normalized spacial score (nSPS) is 10.5. The summed E-state index contributed by atoms with van der Waals surface area (Å²) in [6.07, 6.45) is 3.66. The van der Waals surface area contributed by atoms with E-state index < -0.39 is 0 Å². The van der Waals surface area contributed by atoms with E-state index in [1.54, 1.807) is 6.33 Å². The third-order valence-corrected chi connectivity index (χ3v) is 3.24. The summed E-state index contributed by atoms with van der Waals surface area (Å²) in [5.41, 5.74) is 8.85. The van der Waals surface area contributed by atoms with Crippen molar-refractivity contribution in [3.8, 4) is 0 Å². The molecule has 0 aliphatic heterocycles. The van der Waals surface area contributed by atoms with Gasteiger partial charge < -0.3 is 10.6 Å². The van der Waals surface area contributed by atoms with Gasteiger partial charge in [-0.25, -0.2) is 9.97 Å². The Labute approximate surface area is 120 Å². The highest BCUT2D eigenvalue weighted by atomic mass is 15.2. The molecule has 0 fully saturated rings. The number of benzene rings is 1. The van der Waals surface area contributed by atoms with E-state index in [-0.39, 0.29) is 0 Å². The van der Waals surface area contributed by atoms with Crippen molar-refractivity contribution in [2.24, 2.45) is 0 Å². The van der Waals surface area contributed by atoms with Crippen LogP contribution in [0.25, 0.3) is 0 Å². The summed E-state index contributed by atoms with van der Waals surface area (Å²) in [5.74, 6) is 0.996. The Hall–Kier alpha value is -2.10. The van der Waals surface area contributed by atoms with Crippen molar-refractivity contribution in [1.82, 2.24) is 9.97 Å². The minimum Gasteiger partial charge on any atom is -0.399 e. The van der Waals surface area contributed by atoms with Crippen molar-refractivity contribution in [2.45, 2.75) is 33.2 Å². The number of aromatic nitrogens is 2. The molecular weight excluding hydrogens is 248 g/mol. The molecule has 4 heteroatoms. The molecular formula is C16H22N4. The number of nitrogen functional groups attached to an aromatic ring is 1. The number of hydrogen-bond donors (Lipinski definition) is 1. The lowest BCUT2D eigenvalue weighted by atomic mass is 10.2. The topological polar surface area (TPSA) is 55.0 Å². The van der Waals surface area contributed by atoms with Crippen molar-refractivity contribution in [2.75, 3.05) is 17.2 Å². The zero-order valence-electron chi connectivity index (χ0n) is 12.2. The van der Waals surface area contributed by atoms with Crippen LogP contribution < -0.4 is 10.6 Å². The van der Waals surface area contributed by atoms with E-state index in [1.165, 1.54) is 5.56 Å². The molecule has 0 amide bonds. The Balaban J connectivity index is 2.19. The van der Waals surface area contributed by atoms with Gasteiger partial charge in [0.15, 0.2) is 0 Å². The van der Waals surface area contributed by atoms with Crippen LogP contribution in [0.1, 0.15) is 31.5 Å². The molecule has 0 bridgehead atoms. The molecule has 2 rings (SSSR count). The third kappa shape index (κ3) is 3.70. The van der Waals surface area contributed by atoms with E-state index in [2.05, 4.69) is 46.9 Å². The highest BCUT2D eigenvalue weighted by Crippen LogP contribution is 2.16. The third-order valence-electron chi connectivity index (χ3n) is 3.24. The first-order valence-electron chi connectivity index (χ1n) is 7.13. The number of nitrogens with zero attached hydrogens (tertiary/aromatic N) is 3. The molecule has 0 radical (unpaired) electrons. The van der Waals surface area contributed by atoms with Crippen LogP contribution in [-0.2, 0) is 13.0 Å². The van der Waals surface area contributed by atoms with Gasteiger partial charge in [-0.15, -0.1) is 0 Å². The van der Waals surface area contributed by atoms with Gasteiger partial charge in [0.05, 0.1) is 0 Å². The van der Waals surface area contributed by atoms with Crippen molar-refractivity contribution in [1.29, 1.82) is 0 Å². The molecule has 0 atom stereocenters. The van der Waals surface area contributed by atoms with E-state index in [1.807, 2.05) is 12.1 Å². The molecule has 0 saturated heterocycles. The summed E-state index contributed by atoms with van der Waals surface area (Å²) in [7, 11) is 0. The van der Waals surface area contributed by atoms with Crippen LogP contribution in [0.5, 0.6) is 0 Å². The number of hydrogen-bond acceptors (Lipinski definition) is 4. The average molecular weight is 270 g/mol. The Morgan fingerprint density at radius 3 is 2.50 bits per heavy atom. The molecule has 2 aromatic rings. The fourth-order valence-corrected chi connectivity index (χ4v) is 2.14. The second-order valence-electron chi connectivity index (χ2n) is 4.88. The first kappa shape index (κ1) is 14.3. The van der Waals surface area contributed by atoms with E-state index in [0.29, 0.717) is 0 Å². The molecule has 0 aliphatic rings. The molecule has 20 heavy (non-hydrogen) atoms. The van der Waals surface area contributed by atoms with Crippen LogP contribution in [0.4, 0.5) is 11.5 Å². The lowest BCUT2D eigenvalue weighted by Crippen LogP contribution is -2.24. The lowest BCUT2D eigenvalue weighted by Gasteiger charge is -2.23. The minimum atomic E-state index is 0.797. The van der Waals surface area contributed by atoms with Gasteiger partial charge in [0, 0.05) is 30.5 Å². The molecule has 0 aliphatic carbocycles.